The molecule has 0 atom stereocenters. The van der Waals surface area contributed by atoms with E-state index in [1.165, 1.54) is 4.88 Å². The zero-order chi connectivity index (χ0) is 12.1. The predicted molar refractivity (Wildman–Crippen MR) is 72.8 cm³/mol. The minimum absolute atomic E-state index is 0.801. The van der Waals surface area contributed by atoms with Gasteiger partial charge < -0.3 is 9.47 Å². The van der Waals surface area contributed by atoms with Crippen molar-refractivity contribution in [2.45, 2.75) is 0 Å². The highest BCUT2D eigenvalue weighted by atomic mass is 32.1. The minimum atomic E-state index is 0.801. The van der Waals surface area contributed by atoms with Crippen LogP contribution in [0.2, 0.25) is 0 Å². The molecule has 0 amide bonds. The summed E-state index contributed by atoms with van der Waals surface area (Å²) in [4.78, 5) is 1.23. The van der Waals surface area contributed by atoms with Gasteiger partial charge in [-0.25, -0.2) is 0 Å². The number of hydrogen-bond donors (Lipinski definition) is 0. The molecule has 0 spiro atoms. The molecule has 2 nitrogen and oxygen atoms in total. The van der Waals surface area contributed by atoms with Crippen molar-refractivity contribution in [2.75, 3.05) is 14.2 Å². The van der Waals surface area contributed by atoms with Gasteiger partial charge >= 0.3 is 0 Å². The molecule has 2 rings (SSSR count). The number of hydrogen-bond acceptors (Lipinski definition) is 3. The number of methoxy groups -OCH3 is 2. The van der Waals surface area contributed by atoms with Crippen molar-refractivity contribution in [3.05, 3.63) is 46.2 Å². The van der Waals surface area contributed by atoms with Crippen LogP contribution in [0.25, 0.3) is 12.2 Å². The van der Waals surface area contributed by atoms with Gasteiger partial charge in [-0.1, -0.05) is 12.1 Å². The number of ether oxygens (including phenoxy) is 2. The summed E-state index contributed by atoms with van der Waals surface area (Å²) in [6, 6.07) is 9.94. The van der Waals surface area contributed by atoms with E-state index in [0.717, 1.165) is 17.1 Å². The topological polar surface area (TPSA) is 18.5 Å². The van der Waals surface area contributed by atoms with Crippen molar-refractivity contribution in [1.82, 2.24) is 0 Å². The van der Waals surface area contributed by atoms with Crippen LogP contribution in [0.1, 0.15) is 10.4 Å². The van der Waals surface area contributed by atoms with Crippen LogP contribution in [0, 0.1) is 0 Å². The molecule has 0 bridgehead atoms. The smallest absolute Gasteiger partial charge is 0.123 e. The van der Waals surface area contributed by atoms with Crippen LogP contribution in [0.3, 0.4) is 0 Å². The molecule has 88 valence electrons. The summed E-state index contributed by atoms with van der Waals surface area (Å²) in [5.41, 5.74) is 1.06. The molecule has 0 fully saturated rings. The van der Waals surface area contributed by atoms with E-state index in [-0.39, 0.29) is 0 Å². The molecular formula is C14H14O2S. The number of rotatable bonds is 4. The second-order valence-corrected chi connectivity index (χ2v) is 4.47. The molecule has 0 N–H and O–H groups in total. The lowest BCUT2D eigenvalue weighted by Crippen LogP contribution is -1.87. The Balaban J connectivity index is 2.25. The number of benzene rings is 1. The van der Waals surface area contributed by atoms with Crippen molar-refractivity contribution in [3.63, 3.8) is 0 Å². The molecule has 17 heavy (non-hydrogen) atoms. The van der Waals surface area contributed by atoms with Gasteiger partial charge in [0.25, 0.3) is 0 Å². The van der Waals surface area contributed by atoms with Crippen LogP contribution in [-0.4, -0.2) is 14.2 Å². The largest absolute Gasteiger partial charge is 0.497 e. The van der Waals surface area contributed by atoms with E-state index in [4.69, 9.17) is 9.47 Å². The fourth-order valence-electron chi connectivity index (χ4n) is 1.49. The lowest BCUT2D eigenvalue weighted by Gasteiger charge is -2.05. The van der Waals surface area contributed by atoms with E-state index >= 15 is 0 Å². The van der Waals surface area contributed by atoms with Gasteiger partial charge in [0.2, 0.25) is 0 Å². The fourth-order valence-corrected chi connectivity index (χ4v) is 2.11. The Labute approximate surface area is 105 Å². The van der Waals surface area contributed by atoms with E-state index < -0.39 is 0 Å². The maximum atomic E-state index is 5.22. The van der Waals surface area contributed by atoms with Crippen molar-refractivity contribution in [1.29, 1.82) is 0 Å². The first-order chi connectivity index (χ1) is 8.31. The molecule has 0 unspecified atom stereocenters. The Morgan fingerprint density at radius 2 is 1.71 bits per heavy atom. The van der Waals surface area contributed by atoms with Gasteiger partial charge in [-0.2, -0.15) is 0 Å². The van der Waals surface area contributed by atoms with E-state index in [2.05, 4.69) is 23.6 Å². The first kappa shape index (κ1) is 11.7. The zero-order valence-corrected chi connectivity index (χ0v) is 10.7. The highest BCUT2D eigenvalue weighted by Crippen LogP contribution is 2.24. The van der Waals surface area contributed by atoms with Gasteiger partial charge in [0.15, 0.2) is 0 Å². The molecule has 0 radical (unpaired) electrons. The zero-order valence-electron chi connectivity index (χ0n) is 9.84. The fraction of sp³-hybridized carbons (Fsp3) is 0.143. The van der Waals surface area contributed by atoms with Gasteiger partial charge in [-0.05, 0) is 35.2 Å². The lowest BCUT2D eigenvalue weighted by atomic mass is 10.2. The summed E-state index contributed by atoms with van der Waals surface area (Å²) < 4.78 is 10.4. The molecular weight excluding hydrogens is 232 g/mol. The molecule has 0 aliphatic carbocycles. The maximum Gasteiger partial charge on any atom is 0.123 e. The van der Waals surface area contributed by atoms with E-state index in [9.17, 15) is 0 Å². The third-order valence-electron chi connectivity index (χ3n) is 2.36. The second-order valence-electron chi connectivity index (χ2n) is 3.49. The van der Waals surface area contributed by atoms with Gasteiger partial charge in [0.05, 0.1) is 14.2 Å². The average molecular weight is 246 g/mol. The summed E-state index contributed by atoms with van der Waals surface area (Å²) >= 11 is 1.71. The Morgan fingerprint density at radius 3 is 2.24 bits per heavy atom. The van der Waals surface area contributed by atoms with Crippen LogP contribution in [0.4, 0.5) is 0 Å². The summed E-state index contributed by atoms with van der Waals surface area (Å²) in [5, 5.41) is 2.06. The van der Waals surface area contributed by atoms with Crippen LogP contribution >= 0.6 is 11.3 Å². The Morgan fingerprint density at radius 1 is 1.00 bits per heavy atom. The molecule has 0 saturated carbocycles. The van der Waals surface area contributed by atoms with Gasteiger partial charge in [0, 0.05) is 10.9 Å². The SMILES string of the molecule is COc1cc(/C=C/c2cccs2)cc(OC)c1. The standard InChI is InChI=1S/C14H14O2S/c1-15-12-8-11(9-13(10-12)16-2)5-6-14-4-3-7-17-14/h3-10H,1-2H3/b6-5+. The molecule has 2 aromatic rings. The molecule has 1 heterocycles. The highest BCUT2D eigenvalue weighted by molar-refractivity contribution is 7.10. The molecule has 1 aromatic carbocycles. The normalized spacial score (nSPS) is 10.7. The molecule has 0 saturated heterocycles. The minimum Gasteiger partial charge on any atom is -0.497 e. The predicted octanol–water partition coefficient (Wildman–Crippen LogP) is 3.94. The van der Waals surface area contributed by atoms with Crippen molar-refractivity contribution < 1.29 is 9.47 Å². The van der Waals surface area contributed by atoms with Crippen molar-refractivity contribution in [2.24, 2.45) is 0 Å². The Hall–Kier alpha value is -1.74. The first-order valence-electron chi connectivity index (χ1n) is 5.26. The molecule has 1 aromatic heterocycles. The number of thiophene rings is 1. The van der Waals surface area contributed by atoms with Crippen LogP contribution < -0.4 is 9.47 Å². The molecule has 0 aliphatic rings. The van der Waals surface area contributed by atoms with Crippen LogP contribution in [0.5, 0.6) is 11.5 Å². The summed E-state index contributed by atoms with van der Waals surface area (Å²) in [6.45, 7) is 0. The average Bonchev–Trinajstić information content (AvgIpc) is 2.89. The Bertz CT molecular complexity index is 479. The van der Waals surface area contributed by atoms with Crippen molar-refractivity contribution >= 4 is 23.5 Å². The van der Waals surface area contributed by atoms with Gasteiger partial charge in [-0.15, -0.1) is 11.3 Å². The lowest BCUT2D eigenvalue weighted by molar-refractivity contribution is 0.394. The van der Waals surface area contributed by atoms with E-state index in [1.807, 2.05) is 24.3 Å². The maximum absolute atomic E-state index is 5.22. The van der Waals surface area contributed by atoms with Crippen LogP contribution in [0.15, 0.2) is 35.7 Å². The van der Waals surface area contributed by atoms with E-state index in [1.54, 1.807) is 25.6 Å². The summed E-state index contributed by atoms with van der Waals surface area (Å²) in [7, 11) is 3.31. The quantitative estimate of drug-likeness (QED) is 0.813. The van der Waals surface area contributed by atoms with E-state index in [0.29, 0.717) is 0 Å². The summed E-state index contributed by atoms with van der Waals surface area (Å²) in [5.74, 6) is 1.60. The highest BCUT2D eigenvalue weighted by Gasteiger charge is 1.99. The van der Waals surface area contributed by atoms with Crippen LogP contribution in [-0.2, 0) is 0 Å². The monoisotopic (exact) mass is 246 g/mol. The second kappa shape index (κ2) is 5.55. The first-order valence-corrected chi connectivity index (χ1v) is 6.14. The van der Waals surface area contributed by atoms with Gasteiger partial charge in [0.1, 0.15) is 11.5 Å². The summed E-state index contributed by atoms with van der Waals surface area (Å²) in [6.07, 6.45) is 4.13. The molecule has 0 aliphatic heterocycles. The third-order valence-corrected chi connectivity index (χ3v) is 3.19. The Kier molecular flexibility index (Phi) is 3.83. The van der Waals surface area contributed by atoms with Crippen molar-refractivity contribution in [3.8, 4) is 11.5 Å². The third kappa shape index (κ3) is 3.11. The van der Waals surface area contributed by atoms with Gasteiger partial charge in [-0.3, -0.25) is 0 Å². The molecule has 3 heteroatoms.